The van der Waals surface area contributed by atoms with Crippen molar-refractivity contribution in [3.63, 3.8) is 0 Å². The van der Waals surface area contributed by atoms with Gasteiger partial charge in [-0.1, -0.05) is 19.1 Å². The number of methoxy groups -OCH3 is 1. The Kier molecular flexibility index (Phi) is 7.55. The van der Waals surface area contributed by atoms with Crippen LogP contribution in [0.5, 0.6) is 5.75 Å². The number of ether oxygens (including phenoxy) is 1. The average Bonchev–Trinajstić information content (AvgIpc) is 2.50. The van der Waals surface area contributed by atoms with Gasteiger partial charge in [-0.15, -0.1) is 0 Å². The summed E-state index contributed by atoms with van der Waals surface area (Å²) in [5.41, 5.74) is 1.33. The van der Waals surface area contributed by atoms with Crippen LogP contribution in [0.3, 0.4) is 0 Å². The van der Waals surface area contributed by atoms with Gasteiger partial charge in [0.2, 0.25) is 0 Å². The third-order valence-corrected chi connectivity index (χ3v) is 3.31. The van der Waals surface area contributed by atoms with Crippen LogP contribution in [0.2, 0.25) is 0 Å². The summed E-state index contributed by atoms with van der Waals surface area (Å²) in [6.45, 7) is 5.24. The molecular weight excluding hydrogens is 250 g/mol. The van der Waals surface area contributed by atoms with Gasteiger partial charge in [-0.3, -0.25) is 4.99 Å². The van der Waals surface area contributed by atoms with E-state index >= 15 is 0 Å². The van der Waals surface area contributed by atoms with Crippen molar-refractivity contribution >= 4 is 5.96 Å². The summed E-state index contributed by atoms with van der Waals surface area (Å²) in [6.07, 6.45) is 3.22. The predicted molar refractivity (Wildman–Crippen MR) is 85.6 cm³/mol. The normalized spacial score (nSPS) is 12.9. The second-order valence-corrected chi connectivity index (χ2v) is 4.90. The van der Waals surface area contributed by atoms with Gasteiger partial charge in [0.15, 0.2) is 5.96 Å². The van der Waals surface area contributed by atoms with Gasteiger partial charge in [0.05, 0.1) is 7.11 Å². The van der Waals surface area contributed by atoms with E-state index < -0.39 is 0 Å². The zero-order valence-corrected chi connectivity index (χ0v) is 13.1. The molecule has 0 saturated heterocycles. The van der Waals surface area contributed by atoms with Crippen molar-refractivity contribution in [1.29, 1.82) is 0 Å². The maximum atomic E-state index is 5.15. The molecule has 2 N–H and O–H groups in total. The molecule has 1 unspecified atom stereocenters. The predicted octanol–water partition coefficient (Wildman–Crippen LogP) is 2.59. The highest BCUT2D eigenvalue weighted by molar-refractivity contribution is 5.79. The molecule has 0 aliphatic carbocycles. The van der Waals surface area contributed by atoms with Crippen molar-refractivity contribution in [2.45, 2.75) is 39.2 Å². The first-order valence-corrected chi connectivity index (χ1v) is 7.29. The smallest absolute Gasteiger partial charge is 0.191 e. The average molecular weight is 277 g/mol. The highest BCUT2D eigenvalue weighted by atomic mass is 16.5. The van der Waals surface area contributed by atoms with E-state index in [0.29, 0.717) is 6.04 Å². The molecule has 1 aromatic carbocycles. The van der Waals surface area contributed by atoms with Gasteiger partial charge in [0.25, 0.3) is 0 Å². The van der Waals surface area contributed by atoms with Crippen LogP contribution in [0.1, 0.15) is 32.3 Å². The molecule has 112 valence electrons. The molecule has 0 amide bonds. The van der Waals surface area contributed by atoms with Crippen LogP contribution >= 0.6 is 0 Å². The van der Waals surface area contributed by atoms with E-state index in [2.05, 4.69) is 41.6 Å². The van der Waals surface area contributed by atoms with Crippen LogP contribution in [-0.2, 0) is 6.42 Å². The Morgan fingerprint density at radius 3 is 2.55 bits per heavy atom. The van der Waals surface area contributed by atoms with Crippen LogP contribution in [0.15, 0.2) is 29.3 Å². The molecule has 0 bridgehead atoms. The summed E-state index contributed by atoms with van der Waals surface area (Å²) in [6, 6.07) is 8.69. The van der Waals surface area contributed by atoms with Crippen molar-refractivity contribution in [3.05, 3.63) is 29.8 Å². The first-order chi connectivity index (χ1) is 9.69. The molecule has 0 aliphatic heterocycles. The van der Waals surface area contributed by atoms with Crippen LogP contribution in [0.25, 0.3) is 0 Å². The fourth-order valence-electron chi connectivity index (χ4n) is 1.82. The van der Waals surface area contributed by atoms with Gasteiger partial charge in [0, 0.05) is 19.6 Å². The number of guanidine groups is 1. The molecule has 20 heavy (non-hydrogen) atoms. The summed E-state index contributed by atoms with van der Waals surface area (Å²) in [5, 5.41) is 6.69. The lowest BCUT2D eigenvalue weighted by Gasteiger charge is -2.16. The Labute approximate surface area is 122 Å². The van der Waals surface area contributed by atoms with Gasteiger partial charge < -0.3 is 15.4 Å². The van der Waals surface area contributed by atoms with E-state index in [1.807, 2.05) is 12.1 Å². The van der Waals surface area contributed by atoms with E-state index in [1.165, 1.54) is 5.56 Å². The molecule has 0 spiro atoms. The molecule has 0 radical (unpaired) electrons. The number of nitrogens with one attached hydrogen (secondary N) is 2. The SMILES string of the molecule is CCC(C)NC(=NC)NCCCc1ccc(OC)cc1. The van der Waals surface area contributed by atoms with Gasteiger partial charge in [-0.2, -0.15) is 0 Å². The summed E-state index contributed by atoms with van der Waals surface area (Å²) in [5.74, 6) is 1.79. The largest absolute Gasteiger partial charge is 0.497 e. The van der Waals surface area contributed by atoms with E-state index in [1.54, 1.807) is 14.2 Å². The van der Waals surface area contributed by atoms with Crippen LogP contribution in [0, 0.1) is 0 Å². The minimum absolute atomic E-state index is 0.447. The van der Waals surface area contributed by atoms with Gasteiger partial charge in [-0.25, -0.2) is 0 Å². The third-order valence-electron chi connectivity index (χ3n) is 3.31. The van der Waals surface area contributed by atoms with Crippen molar-refractivity contribution in [3.8, 4) is 5.75 Å². The maximum Gasteiger partial charge on any atom is 0.191 e. The Balaban J connectivity index is 2.26. The molecule has 0 aromatic heterocycles. The highest BCUT2D eigenvalue weighted by Crippen LogP contribution is 2.12. The van der Waals surface area contributed by atoms with Gasteiger partial charge in [0.1, 0.15) is 5.75 Å². The van der Waals surface area contributed by atoms with Gasteiger partial charge in [-0.05, 0) is 43.9 Å². The minimum atomic E-state index is 0.447. The Morgan fingerprint density at radius 1 is 1.30 bits per heavy atom. The molecule has 0 heterocycles. The fraction of sp³-hybridized carbons (Fsp3) is 0.562. The van der Waals surface area contributed by atoms with Crippen LogP contribution in [-0.4, -0.2) is 32.7 Å². The lowest BCUT2D eigenvalue weighted by atomic mass is 10.1. The summed E-state index contributed by atoms with van der Waals surface area (Å²) >= 11 is 0. The number of hydrogen-bond acceptors (Lipinski definition) is 2. The zero-order valence-electron chi connectivity index (χ0n) is 13.1. The second-order valence-electron chi connectivity index (χ2n) is 4.90. The molecule has 1 atom stereocenters. The minimum Gasteiger partial charge on any atom is -0.497 e. The standard InChI is InChI=1S/C16H27N3O/c1-5-13(2)19-16(17-3)18-12-6-7-14-8-10-15(20-4)11-9-14/h8-11,13H,5-7,12H2,1-4H3,(H2,17,18,19). The van der Waals surface area contributed by atoms with Crippen molar-refractivity contribution < 1.29 is 4.74 Å². The number of rotatable bonds is 7. The monoisotopic (exact) mass is 277 g/mol. The number of aryl methyl sites for hydroxylation is 1. The fourth-order valence-corrected chi connectivity index (χ4v) is 1.82. The van der Waals surface area contributed by atoms with Crippen molar-refractivity contribution in [1.82, 2.24) is 10.6 Å². The number of aliphatic imine (C=N–C) groups is 1. The van der Waals surface area contributed by atoms with E-state index in [4.69, 9.17) is 4.74 Å². The molecule has 4 nitrogen and oxygen atoms in total. The molecule has 0 saturated carbocycles. The number of benzene rings is 1. The molecular formula is C16H27N3O. The Bertz CT molecular complexity index is 401. The second kappa shape index (κ2) is 9.23. The molecule has 4 heteroatoms. The lowest BCUT2D eigenvalue weighted by Crippen LogP contribution is -2.42. The lowest BCUT2D eigenvalue weighted by molar-refractivity contribution is 0.414. The zero-order chi connectivity index (χ0) is 14.8. The number of nitrogens with zero attached hydrogens (tertiary/aromatic N) is 1. The first-order valence-electron chi connectivity index (χ1n) is 7.29. The first kappa shape index (κ1) is 16.3. The number of hydrogen-bond donors (Lipinski definition) is 2. The summed E-state index contributed by atoms with van der Waals surface area (Å²) < 4.78 is 5.15. The van der Waals surface area contributed by atoms with Crippen LogP contribution in [0.4, 0.5) is 0 Å². The van der Waals surface area contributed by atoms with E-state index in [9.17, 15) is 0 Å². The Hall–Kier alpha value is -1.71. The van der Waals surface area contributed by atoms with Crippen molar-refractivity contribution in [2.75, 3.05) is 20.7 Å². The molecule has 1 aromatic rings. The van der Waals surface area contributed by atoms with Crippen molar-refractivity contribution in [2.24, 2.45) is 4.99 Å². The molecule has 0 aliphatic rings. The quantitative estimate of drug-likeness (QED) is 0.457. The van der Waals surface area contributed by atoms with E-state index in [0.717, 1.165) is 37.5 Å². The van der Waals surface area contributed by atoms with Crippen LogP contribution < -0.4 is 15.4 Å². The Morgan fingerprint density at radius 2 is 2.00 bits per heavy atom. The third kappa shape index (κ3) is 5.95. The topological polar surface area (TPSA) is 45.7 Å². The summed E-state index contributed by atoms with van der Waals surface area (Å²) in [7, 11) is 3.50. The molecule has 0 fully saturated rings. The molecule has 1 rings (SSSR count). The maximum absolute atomic E-state index is 5.15. The van der Waals surface area contributed by atoms with Gasteiger partial charge >= 0.3 is 0 Å². The highest BCUT2D eigenvalue weighted by Gasteiger charge is 2.02. The summed E-state index contributed by atoms with van der Waals surface area (Å²) in [4.78, 5) is 4.22. The van der Waals surface area contributed by atoms with E-state index in [-0.39, 0.29) is 0 Å².